The maximum absolute atomic E-state index is 14.0. The van der Waals surface area contributed by atoms with Gasteiger partial charge in [0.15, 0.2) is 0 Å². The molecule has 1 atom stereocenters. The summed E-state index contributed by atoms with van der Waals surface area (Å²) in [5, 5.41) is 2.90. The lowest BCUT2D eigenvalue weighted by Gasteiger charge is -2.32. The van der Waals surface area contributed by atoms with Crippen LogP contribution in [-0.2, 0) is 26.0 Å². The number of benzene rings is 3. The average molecular weight is 580 g/mol. The predicted octanol–water partition coefficient (Wildman–Crippen LogP) is 4.97. The fourth-order valence-corrected chi connectivity index (χ4v) is 5.82. The Balaban J connectivity index is 2.00. The van der Waals surface area contributed by atoms with Gasteiger partial charge in [0.25, 0.3) is 10.0 Å². The van der Waals surface area contributed by atoms with Gasteiger partial charge >= 0.3 is 0 Å². The van der Waals surface area contributed by atoms with Crippen molar-refractivity contribution in [3.8, 4) is 5.75 Å². The summed E-state index contributed by atoms with van der Waals surface area (Å²) in [6.45, 7) is 7.98. The maximum atomic E-state index is 14.0. The molecule has 0 aromatic heterocycles. The first-order valence-electron chi connectivity index (χ1n) is 14.1. The van der Waals surface area contributed by atoms with E-state index in [1.807, 2.05) is 51.1 Å². The first kappa shape index (κ1) is 31.7. The number of rotatable bonds is 15. The van der Waals surface area contributed by atoms with Crippen LogP contribution in [0.15, 0.2) is 83.8 Å². The molecule has 0 saturated heterocycles. The number of carbonyl (C=O) groups is 2. The third kappa shape index (κ3) is 8.57. The zero-order valence-corrected chi connectivity index (χ0v) is 25.2. The summed E-state index contributed by atoms with van der Waals surface area (Å²) in [5.41, 5.74) is 2.18. The van der Waals surface area contributed by atoms with Crippen LogP contribution in [-0.4, -0.2) is 57.4 Å². The molecule has 2 amide bonds. The van der Waals surface area contributed by atoms with Crippen molar-refractivity contribution in [3.63, 3.8) is 0 Å². The number of hydrogen-bond acceptors (Lipinski definition) is 5. The average Bonchev–Trinajstić information content (AvgIpc) is 2.97. The molecule has 0 heterocycles. The van der Waals surface area contributed by atoms with Crippen molar-refractivity contribution in [2.75, 3.05) is 30.5 Å². The van der Waals surface area contributed by atoms with E-state index in [0.717, 1.165) is 28.3 Å². The summed E-state index contributed by atoms with van der Waals surface area (Å²) < 4.78 is 34.9. The van der Waals surface area contributed by atoms with Gasteiger partial charge in [-0.2, -0.15) is 0 Å². The largest absolute Gasteiger partial charge is 0.492 e. The molecule has 1 unspecified atom stereocenters. The molecule has 8 nitrogen and oxygen atoms in total. The quantitative estimate of drug-likeness (QED) is 0.257. The van der Waals surface area contributed by atoms with Gasteiger partial charge < -0.3 is 15.0 Å². The Bertz CT molecular complexity index is 1380. The van der Waals surface area contributed by atoms with Crippen LogP contribution in [0.3, 0.4) is 0 Å². The van der Waals surface area contributed by atoms with Crippen molar-refractivity contribution in [1.82, 2.24) is 10.2 Å². The molecule has 0 saturated carbocycles. The molecule has 9 heteroatoms. The van der Waals surface area contributed by atoms with Crippen LogP contribution in [0.5, 0.6) is 5.75 Å². The lowest BCUT2D eigenvalue weighted by atomic mass is 10.1. The highest BCUT2D eigenvalue weighted by Crippen LogP contribution is 2.33. The molecule has 3 aromatic rings. The minimum atomic E-state index is -4.17. The number of aryl methyl sites for hydroxylation is 1. The monoisotopic (exact) mass is 579 g/mol. The van der Waals surface area contributed by atoms with E-state index in [0.29, 0.717) is 25.3 Å². The number of unbranched alkanes of at least 4 members (excludes halogenated alkanes) is 1. The van der Waals surface area contributed by atoms with Gasteiger partial charge in [-0.3, -0.25) is 13.9 Å². The van der Waals surface area contributed by atoms with Gasteiger partial charge in [-0.25, -0.2) is 8.42 Å². The fraction of sp³-hybridized carbons (Fsp3) is 0.375. The number of ether oxygens (including phenoxy) is 1. The molecule has 41 heavy (non-hydrogen) atoms. The van der Waals surface area contributed by atoms with Crippen molar-refractivity contribution in [2.45, 2.75) is 57.9 Å². The normalized spacial score (nSPS) is 11.9. The van der Waals surface area contributed by atoms with Crippen LogP contribution in [0.1, 0.15) is 44.7 Å². The standard InChI is InChI=1S/C32H41N3O5S/c1-5-7-22-33-32(37)26(4)34(23-21-27-13-9-8-10-14-27)31(36)24-35(29-15-11-12-16-30(29)40-6-2)41(38,39)28-19-17-25(3)18-20-28/h8-20,26H,5-7,21-24H2,1-4H3,(H,33,37). The Morgan fingerprint density at radius 2 is 1.59 bits per heavy atom. The van der Waals surface area contributed by atoms with E-state index in [1.54, 1.807) is 43.3 Å². The van der Waals surface area contributed by atoms with Gasteiger partial charge in [-0.05, 0) is 63.4 Å². The first-order chi connectivity index (χ1) is 19.7. The molecular weight excluding hydrogens is 538 g/mol. The number of para-hydroxylation sites is 2. The zero-order valence-electron chi connectivity index (χ0n) is 24.4. The Labute approximate surface area is 244 Å². The lowest BCUT2D eigenvalue weighted by molar-refractivity contribution is -0.138. The molecule has 1 N–H and O–H groups in total. The van der Waals surface area contributed by atoms with Gasteiger partial charge in [0, 0.05) is 13.1 Å². The second-order valence-electron chi connectivity index (χ2n) is 9.87. The summed E-state index contributed by atoms with van der Waals surface area (Å²) in [6.07, 6.45) is 2.27. The molecule has 0 spiro atoms. The lowest BCUT2D eigenvalue weighted by Crippen LogP contribution is -2.52. The summed E-state index contributed by atoms with van der Waals surface area (Å²) in [6, 6.07) is 22.1. The van der Waals surface area contributed by atoms with E-state index in [2.05, 4.69) is 5.32 Å². The SMILES string of the molecule is CCCCNC(=O)C(C)N(CCc1ccccc1)C(=O)CN(c1ccccc1OCC)S(=O)(=O)c1ccc(C)cc1. The van der Waals surface area contributed by atoms with Gasteiger partial charge in [0.05, 0.1) is 17.2 Å². The topological polar surface area (TPSA) is 96.0 Å². The molecule has 0 aliphatic rings. The number of amides is 2. The van der Waals surface area contributed by atoms with Crippen molar-refractivity contribution in [3.05, 3.63) is 90.0 Å². The Morgan fingerprint density at radius 3 is 2.24 bits per heavy atom. The highest BCUT2D eigenvalue weighted by Gasteiger charge is 2.33. The molecule has 3 aromatic carbocycles. The second kappa shape index (κ2) is 15.2. The van der Waals surface area contributed by atoms with E-state index in [1.165, 1.54) is 17.0 Å². The molecular formula is C32H41N3O5S. The molecule has 0 aliphatic carbocycles. The van der Waals surface area contributed by atoms with Crippen LogP contribution in [0.4, 0.5) is 5.69 Å². The minimum absolute atomic E-state index is 0.0587. The van der Waals surface area contributed by atoms with Crippen molar-refractivity contribution >= 4 is 27.5 Å². The van der Waals surface area contributed by atoms with Crippen LogP contribution >= 0.6 is 0 Å². The zero-order chi connectivity index (χ0) is 29.8. The van der Waals surface area contributed by atoms with Crippen molar-refractivity contribution in [1.29, 1.82) is 0 Å². The minimum Gasteiger partial charge on any atom is -0.492 e. The maximum Gasteiger partial charge on any atom is 0.264 e. The van der Waals surface area contributed by atoms with Gasteiger partial charge in [-0.1, -0.05) is 73.5 Å². The fourth-order valence-electron chi connectivity index (χ4n) is 4.40. The third-order valence-corrected chi connectivity index (χ3v) is 8.58. The number of sulfonamides is 1. The van der Waals surface area contributed by atoms with Crippen LogP contribution < -0.4 is 14.4 Å². The first-order valence-corrected chi connectivity index (χ1v) is 15.5. The predicted molar refractivity (Wildman–Crippen MR) is 163 cm³/mol. The Kier molecular flexibility index (Phi) is 11.8. The van der Waals surface area contributed by atoms with Crippen molar-refractivity contribution in [2.24, 2.45) is 0 Å². The summed E-state index contributed by atoms with van der Waals surface area (Å²) in [7, 11) is -4.17. The summed E-state index contributed by atoms with van der Waals surface area (Å²) >= 11 is 0. The Hall–Kier alpha value is -3.85. The number of hydrogen-bond donors (Lipinski definition) is 1. The number of carbonyl (C=O) groups excluding carboxylic acids is 2. The third-order valence-electron chi connectivity index (χ3n) is 6.80. The molecule has 220 valence electrons. The number of nitrogens with one attached hydrogen (secondary N) is 1. The molecule has 0 aliphatic heterocycles. The van der Waals surface area contributed by atoms with E-state index < -0.39 is 28.5 Å². The van der Waals surface area contributed by atoms with Crippen molar-refractivity contribution < 1.29 is 22.7 Å². The van der Waals surface area contributed by atoms with Gasteiger partial charge in [-0.15, -0.1) is 0 Å². The van der Waals surface area contributed by atoms with E-state index in [9.17, 15) is 18.0 Å². The van der Waals surface area contributed by atoms with E-state index in [4.69, 9.17) is 4.74 Å². The number of nitrogens with zero attached hydrogens (tertiary/aromatic N) is 2. The summed E-state index contributed by atoms with van der Waals surface area (Å²) in [4.78, 5) is 28.6. The highest BCUT2D eigenvalue weighted by molar-refractivity contribution is 7.92. The second-order valence-corrected chi connectivity index (χ2v) is 11.7. The number of anilines is 1. The van der Waals surface area contributed by atoms with Crippen LogP contribution in [0.2, 0.25) is 0 Å². The smallest absolute Gasteiger partial charge is 0.264 e. The Morgan fingerprint density at radius 1 is 0.927 bits per heavy atom. The highest BCUT2D eigenvalue weighted by atomic mass is 32.2. The summed E-state index contributed by atoms with van der Waals surface area (Å²) in [5.74, 6) is -0.414. The van der Waals surface area contributed by atoms with E-state index in [-0.39, 0.29) is 23.0 Å². The van der Waals surface area contributed by atoms with Gasteiger partial charge in [0.1, 0.15) is 18.3 Å². The molecule has 0 radical (unpaired) electrons. The van der Waals surface area contributed by atoms with Crippen LogP contribution in [0, 0.1) is 6.92 Å². The molecule has 0 bridgehead atoms. The molecule has 0 fully saturated rings. The van der Waals surface area contributed by atoms with Crippen LogP contribution in [0.25, 0.3) is 0 Å². The molecule has 3 rings (SSSR count). The van der Waals surface area contributed by atoms with Gasteiger partial charge in [0.2, 0.25) is 11.8 Å². The van der Waals surface area contributed by atoms with E-state index >= 15 is 0 Å².